The number of carbonyl (C=O) groups excluding carboxylic acids is 3. The maximum absolute atomic E-state index is 13.0. The molecule has 3 rings (SSSR count). The zero-order valence-electron chi connectivity index (χ0n) is 17.7. The van der Waals surface area contributed by atoms with Crippen LogP contribution in [0.5, 0.6) is 5.75 Å². The van der Waals surface area contributed by atoms with Gasteiger partial charge in [0.15, 0.2) is 0 Å². The zero-order chi connectivity index (χ0) is 23.5. The predicted molar refractivity (Wildman–Crippen MR) is 117 cm³/mol. The summed E-state index contributed by atoms with van der Waals surface area (Å²) in [6.45, 7) is 2.65. The Hall–Kier alpha value is -3.66. The van der Waals surface area contributed by atoms with Crippen molar-refractivity contribution in [1.29, 1.82) is 0 Å². The molecule has 168 valence electrons. The Kier molecular flexibility index (Phi) is 6.64. The molecule has 32 heavy (non-hydrogen) atoms. The van der Waals surface area contributed by atoms with Crippen LogP contribution < -0.4 is 10.1 Å². The number of amides is 2. The third-order valence-corrected chi connectivity index (χ3v) is 6.69. The van der Waals surface area contributed by atoms with Crippen LogP contribution >= 0.6 is 0 Å². The third-order valence-electron chi connectivity index (χ3n) is 4.76. The van der Waals surface area contributed by atoms with Gasteiger partial charge in [0.25, 0.3) is 15.9 Å². The van der Waals surface area contributed by atoms with E-state index < -0.39 is 34.4 Å². The second-order valence-corrected chi connectivity index (χ2v) is 8.64. The Bertz CT molecular complexity index is 1180. The highest BCUT2D eigenvalue weighted by Gasteiger charge is 2.43. The first kappa shape index (κ1) is 23.0. The number of esters is 1. The number of nitrogens with one attached hydrogen (secondary N) is 1. The van der Waals surface area contributed by atoms with E-state index in [2.05, 4.69) is 5.32 Å². The van der Waals surface area contributed by atoms with Gasteiger partial charge in [0.2, 0.25) is 5.91 Å². The van der Waals surface area contributed by atoms with E-state index in [1.165, 1.54) is 50.4 Å². The fourth-order valence-corrected chi connectivity index (χ4v) is 4.97. The maximum Gasteiger partial charge on any atom is 0.338 e. The fourth-order valence-electron chi connectivity index (χ4n) is 3.20. The molecule has 0 aliphatic carbocycles. The Morgan fingerprint density at radius 2 is 1.66 bits per heavy atom. The van der Waals surface area contributed by atoms with Gasteiger partial charge in [-0.1, -0.05) is 0 Å². The Morgan fingerprint density at radius 3 is 2.22 bits per heavy atom. The average Bonchev–Trinajstić information content (AvgIpc) is 2.93. The largest absolute Gasteiger partial charge is 0.497 e. The van der Waals surface area contributed by atoms with Crippen molar-refractivity contribution in [3.63, 3.8) is 0 Å². The first-order chi connectivity index (χ1) is 15.2. The van der Waals surface area contributed by atoms with E-state index in [9.17, 15) is 22.8 Å². The molecule has 0 saturated carbocycles. The number of sulfonamides is 1. The molecule has 0 bridgehead atoms. The zero-order valence-corrected chi connectivity index (χ0v) is 18.6. The minimum absolute atomic E-state index is 0.0294. The van der Waals surface area contributed by atoms with E-state index >= 15 is 0 Å². The number of carbonyl (C=O) groups is 3. The van der Waals surface area contributed by atoms with Crippen molar-refractivity contribution in [2.45, 2.75) is 13.8 Å². The molecule has 0 spiro atoms. The van der Waals surface area contributed by atoms with Crippen molar-refractivity contribution in [2.24, 2.45) is 0 Å². The van der Waals surface area contributed by atoms with Crippen LogP contribution in [0.4, 0.5) is 5.69 Å². The highest BCUT2D eigenvalue weighted by atomic mass is 32.2. The number of rotatable bonds is 7. The molecule has 2 aromatic rings. The number of hydrogen-bond acceptors (Lipinski definition) is 7. The summed E-state index contributed by atoms with van der Waals surface area (Å²) < 4.78 is 36.6. The molecule has 1 aliphatic rings. The Balaban J connectivity index is 1.74. The molecule has 1 aliphatic heterocycles. The molecule has 2 amide bonds. The number of methoxy groups -OCH3 is 1. The summed E-state index contributed by atoms with van der Waals surface area (Å²) in [5, 5.41) is 2.53. The van der Waals surface area contributed by atoms with Crippen LogP contribution in [0.15, 0.2) is 54.1 Å². The van der Waals surface area contributed by atoms with E-state index in [4.69, 9.17) is 9.47 Å². The van der Waals surface area contributed by atoms with Crippen LogP contribution in [0.3, 0.4) is 0 Å². The first-order valence-electron chi connectivity index (χ1n) is 9.68. The van der Waals surface area contributed by atoms with Crippen molar-refractivity contribution in [3.05, 3.63) is 65.2 Å². The molecule has 0 fully saturated rings. The monoisotopic (exact) mass is 458 g/mol. The van der Waals surface area contributed by atoms with Gasteiger partial charge in [-0.15, -0.1) is 0 Å². The van der Waals surface area contributed by atoms with Gasteiger partial charge in [0, 0.05) is 11.3 Å². The summed E-state index contributed by atoms with van der Waals surface area (Å²) in [7, 11) is -2.72. The van der Waals surface area contributed by atoms with E-state index in [1.54, 1.807) is 19.1 Å². The summed E-state index contributed by atoms with van der Waals surface area (Å²) in [5.74, 6) is -1.41. The number of benzene rings is 2. The maximum atomic E-state index is 13.0. The SMILES string of the molecule is CCOC(=O)c1ccc(NC(=O)CN2C(=O)C(C)=C(c3ccc(OC)cc3)S2(=O)=O)cc1. The van der Waals surface area contributed by atoms with Gasteiger partial charge in [-0.3, -0.25) is 9.59 Å². The van der Waals surface area contributed by atoms with Gasteiger partial charge in [-0.2, -0.15) is 0 Å². The molecule has 0 atom stereocenters. The van der Waals surface area contributed by atoms with Crippen molar-refractivity contribution in [1.82, 2.24) is 4.31 Å². The average molecular weight is 458 g/mol. The van der Waals surface area contributed by atoms with Crippen LogP contribution in [-0.4, -0.2) is 50.8 Å². The Labute approximate surface area is 185 Å². The minimum atomic E-state index is -4.21. The molecule has 9 nitrogen and oxygen atoms in total. The molecular formula is C22H22N2O7S. The predicted octanol–water partition coefficient (Wildman–Crippen LogP) is 2.41. The molecule has 1 heterocycles. The standard InChI is InChI=1S/C22H22N2O7S/c1-4-31-22(27)16-5-9-17(10-6-16)23-19(25)13-24-21(26)14(2)20(32(24,28)29)15-7-11-18(30-3)12-8-15/h5-12H,4,13H2,1-3H3,(H,23,25). The second kappa shape index (κ2) is 9.23. The second-order valence-electron chi connectivity index (χ2n) is 6.85. The number of hydrogen-bond donors (Lipinski definition) is 1. The smallest absolute Gasteiger partial charge is 0.338 e. The van der Waals surface area contributed by atoms with Crippen LogP contribution in [0.1, 0.15) is 29.8 Å². The summed E-state index contributed by atoms with van der Waals surface area (Å²) >= 11 is 0. The highest BCUT2D eigenvalue weighted by Crippen LogP contribution is 2.35. The van der Waals surface area contributed by atoms with Gasteiger partial charge in [-0.05, 0) is 67.9 Å². The van der Waals surface area contributed by atoms with Gasteiger partial charge in [-0.25, -0.2) is 17.5 Å². The van der Waals surface area contributed by atoms with Crippen LogP contribution in [0, 0.1) is 0 Å². The number of ether oxygens (including phenoxy) is 2. The quantitative estimate of drug-likeness (QED) is 0.633. The Morgan fingerprint density at radius 1 is 1.03 bits per heavy atom. The third kappa shape index (κ3) is 4.50. The topological polar surface area (TPSA) is 119 Å². The lowest BCUT2D eigenvalue weighted by Crippen LogP contribution is -2.38. The van der Waals surface area contributed by atoms with E-state index in [-0.39, 0.29) is 17.1 Å². The lowest BCUT2D eigenvalue weighted by Gasteiger charge is -2.16. The molecule has 0 unspecified atom stereocenters. The summed E-state index contributed by atoms with van der Waals surface area (Å²) in [4.78, 5) is 36.6. The van der Waals surface area contributed by atoms with E-state index in [0.29, 0.717) is 26.9 Å². The van der Waals surface area contributed by atoms with E-state index in [0.717, 1.165) is 0 Å². The minimum Gasteiger partial charge on any atom is -0.497 e. The summed E-state index contributed by atoms with van der Waals surface area (Å²) in [6, 6.07) is 12.2. The molecule has 2 aromatic carbocycles. The number of anilines is 1. The summed E-state index contributed by atoms with van der Waals surface area (Å²) in [6.07, 6.45) is 0. The molecular weight excluding hydrogens is 436 g/mol. The van der Waals surface area contributed by atoms with E-state index in [1.807, 2.05) is 0 Å². The molecule has 0 radical (unpaired) electrons. The normalized spacial score (nSPS) is 15.0. The molecule has 1 N–H and O–H groups in total. The van der Waals surface area contributed by atoms with Gasteiger partial charge >= 0.3 is 5.97 Å². The van der Waals surface area contributed by atoms with Crippen LogP contribution in [0.2, 0.25) is 0 Å². The van der Waals surface area contributed by atoms with Crippen molar-refractivity contribution in [2.75, 3.05) is 25.6 Å². The lowest BCUT2D eigenvalue weighted by molar-refractivity contribution is -0.126. The van der Waals surface area contributed by atoms with Crippen molar-refractivity contribution < 1.29 is 32.3 Å². The first-order valence-corrected chi connectivity index (χ1v) is 11.1. The van der Waals surface area contributed by atoms with Gasteiger partial charge in [0.05, 0.1) is 19.3 Å². The molecule has 10 heteroatoms. The highest BCUT2D eigenvalue weighted by molar-refractivity contribution is 7.99. The molecule has 0 aromatic heterocycles. The number of nitrogens with zero attached hydrogens (tertiary/aromatic N) is 1. The van der Waals surface area contributed by atoms with Gasteiger partial charge in [0.1, 0.15) is 17.2 Å². The van der Waals surface area contributed by atoms with Crippen molar-refractivity contribution >= 4 is 38.4 Å². The van der Waals surface area contributed by atoms with Gasteiger partial charge < -0.3 is 14.8 Å². The molecule has 0 saturated heterocycles. The van der Waals surface area contributed by atoms with Crippen LogP contribution in [-0.2, 0) is 24.3 Å². The fraction of sp³-hybridized carbons (Fsp3) is 0.227. The van der Waals surface area contributed by atoms with Crippen molar-refractivity contribution in [3.8, 4) is 5.75 Å². The summed E-state index contributed by atoms with van der Waals surface area (Å²) in [5.41, 5.74) is 1.01. The lowest BCUT2D eigenvalue weighted by atomic mass is 10.1. The van der Waals surface area contributed by atoms with Crippen LogP contribution in [0.25, 0.3) is 4.91 Å².